The van der Waals surface area contributed by atoms with Gasteiger partial charge in [-0.3, -0.25) is 14.0 Å². The Morgan fingerprint density at radius 2 is 1.75 bits per heavy atom. The van der Waals surface area contributed by atoms with Crippen molar-refractivity contribution in [2.24, 2.45) is 16.6 Å². The van der Waals surface area contributed by atoms with Crippen LogP contribution in [0.5, 0.6) is 0 Å². The van der Waals surface area contributed by atoms with E-state index in [0.717, 1.165) is 0 Å². The predicted molar refractivity (Wildman–Crippen MR) is 97.1 cm³/mol. The van der Waals surface area contributed by atoms with Crippen LogP contribution in [-0.2, 0) is 4.79 Å². The second-order valence-electron chi connectivity index (χ2n) is 5.67. The van der Waals surface area contributed by atoms with Gasteiger partial charge >= 0.3 is 6.18 Å². The summed E-state index contributed by atoms with van der Waals surface area (Å²) in [6.45, 7) is 1.40. The first-order chi connectivity index (χ1) is 13.1. The first kappa shape index (κ1) is 22.9. The third kappa shape index (κ3) is 6.89. The molecule has 1 rings (SSSR count). The molecule has 0 saturated carbocycles. The number of benzene rings is 1. The third-order valence-electron chi connectivity index (χ3n) is 3.59. The highest BCUT2D eigenvalue weighted by Crippen LogP contribution is 2.25. The van der Waals surface area contributed by atoms with Gasteiger partial charge in [0.1, 0.15) is 12.2 Å². The number of hydrazone groups is 1. The summed E-state index contributed by atoms with van der Waals surface area (Å²) in [5, 5.41) is 6.74. The number of rotatable bonds is 10. The minimum atomic E-state index is -4.52. The summed E-state index contributed by atoms with van der Waals surface area (Å²) in [4.78, 5) is 23.2. The van der Waals surface area contributed by atoms with Crippen molar-refractivity contribution in [2.75, 3.05) is 18.2 Å². The van der Waals surface area contributed by atoms with Crippen LogP contribution in [0.1, 0.15) is 29.6 Å². The molecule has 2 amide bonds. The lowest BCUT2D eigenvalue weighted by Crippen LogP contribution is -2.33. The highest BCUT2D eigenvalue weighted by atomic mass is 19.4. The van der Waals surface area contributed by atoms with Crippen LogP contribution in [0.15, 0.2) is 40.8 Å². The van der Waals surface area contributed by atoms with E-state index in [4.69, 9.17) is 11.5 Å². The Morgan fingerprint density at radius 1 is 1.14 bits per heavy atom. The van der Waals surface area contributed by atoms with Crippen molar-refractivity contribution in [1.82, 2.24) is 5.32 Å². The quantitative estimate of drug-likeness (QED) is 0.183. The normalized spacial score (nSPS) is 12.1. The van der Waals surface area contributed by atoms with E-state index in [1.165, 1.54) is 29.3 Å². The number of hydrogen-bond donors (Lipinski definition) is 3. The van der Waals surface area contributed by atoms with Crippen LogP contribution < -0.4 is 21.8 Å². The molecule has 0 saturated heterocycles. The zero-order chi connectivity index (χ0) is 21.3. The Labute approximate surface area is 159 Å². The van der Waals surface area contributed by atoms with Crippen LogP contribution in [0.2, 0.25) is 0 Å². The van der Waals surface area contributed by atoms with Crippen molar-refractivity contribution in [3.05, 3.63) is 41.2 Å². The number of nitrogens with one attached hydrogen (secondary N) is 1. The maximum Gasteiger partial charge on any atom is 0.405 e. The standard InChI is InChI=1S/C17H21F4N5O2/c1-24-26(13(4-2-3-9-18)14(22)15(23)27)12-7-5-11(6-8-12)16(28)25-10-17(19,20)21/h5-8H,1-4,9-10,22H2,(H2,23,27)(H,25,28)/b14-13-. The molecule has 0 unspecified atom stereocenters. The average Bonchev–Trinajstić information content (AvgIpc) is 2.64. The van der Waals surface area contributed by atoms with Crippen LogP contribution in [-0.4, -0.2) is 37.9 Å². The van der Waals surface area contributed by atoms with Crippen LogP contribution in [0, 0.1) is 0 Å². The van der Waals surface area contributed by atoms with Gasteiger partial charge < -0.3 is 16.8 Å². The molecular weight excluding hydrogens is 382 g/mol. The first-order valence-corrected chi connectivity index (χ1v) is 8.17. The van der Waals surface area contributed by atoms with Crippen molar-refractivity contribution in [2.45, 2.75) is 25.4 Å². The lowest BCUT2D eigenvalue weighted by molar-refractivity contribution is -0.123. The fourth-order valence-electron chi connectivity index (χ4n) is 2.24. The van der Waals surface area contributed by atoms with E-state index in [-0.39, 0.29) is 29.8 Å². The zero-order valence-corrected chi connectivity index (χ0v) is 14.9. The minimum Gasteiger partial charge on any atom is -0.393 e. The molecule has 0 aromatic heterocycles. The molecule has 154 valence electrons. The molecule has 0 radical (unpaired) electrons. The maximum atomic E-state index is 12.4. The van der Waals surface area contributed by atoms with E-state index in [0.29, 0.717) is 12.1 Å². The highest BCUT2D eigenvalue weighted by Gasteiger charge is 2.28. The highest BCUT2D eigenvalue weighted by molar-refractivity contribution is 5.95. The molecule has 0 aliphatic carbocycles. The number of carbonyl (C=O) groups excluding carboxylic acids is 2. The van der Waals surface area contributed by atoms with Gasteiger partial charge in [-0.2, -0.15) is 18.3 Å². The molecule has 28 heavy (non-hydrogen) atoms. The number of amides is 2. The summed E-state index contributed by atoms with van der Waals surface area (Å²) < 4.78 is 48.9. The fourth-order valence-corrected chi connectivity index (χ4v) is 2.24. The Bertz CT molecular complexity index is 732. The van der Waals surface area contributed by atoms with E-state index in [1.807, 2.05) is 0 Å². The van der Waals surface area contributed by atoms with Crippen LogP contribution in [0.4, 0.5) is 23.2 Å². The van der Waals surface area contributed by atoms with Gasteiger partial charge in [-0.15, -0.1) is 0 Å². The number of anilines is 1. The molecule has 1 aromatic carbocycles. The molecule has 0 fully saturated rings. The smallest absolute Gasteiger partial charge is 0.393 e. The molecule has 0 aliphatic rings. The SMILES string of the molecule is C=NN(/C(CCCCF)=C(\N)C(N)=O)c1ccc(C(=O)NCC(F)(F)F)cc1. The van der Waals surface area contributed by atoms with E-state index >= 15 is 0 Å². The van der Waals surface area contributed by atoms with Gasteiger partial charge in [0.2, 0.25) is 0 Å². The van der Waals surface area contributed by atoms with Crippen molar-refractivity contribution in [3.63, 3.8) is 0 Å². The monoisotopic (exact) mass is 403 g/mol. The Hall–Kier alpha value is -3.11. The number of unbranched alkanes of at least 4 members (excludes halogenated alkanes) is 1. The summed E-state index contributed by atoms with van der Waals surface area (Å²) >= 11 is 0. The molecule has 5 N–H and O–H groups in total. The van der Waals surface area contributed by atoms with Gasteiger partial charge in [0.15, 0.2) is 0 Å². The summed E-state index contributed by atoms with van der Waals surface area (Å²) in [5.41, 5.74) is 11.2. The minimum absolute atomic E-state index is 0.0113. The predicted octanol–water partition coefficient (Wildman–Crippen LogP) is 2.20. The molecule has 7 nitrogen and oxygen atoms in total. The van der Waals surface area contributed by atoms with E-state index in [2.05, 4.69) is 11.8 Å². The number of primary amides is 1. The third-order valence-corrected chi connectivity index (χ3v) is 3.59. The number of alkyl halides is 4. The molecule has 11 heteroatoms. The largest absolute Gasteiger partial charge is 0.405 e. The lowest BCUT2D eigenvalue weighted by Gasteiger charge is -2.23. The van der Waals surface area contributed by atoms with Gasteiger partial charge in [-0.05, 0) is 43.5 Å². The maximum absolute atomic E-state index is 12.4. The van der Waals surface area contributed by atoms with Gasteiger partial charge in [0.25, 0.3) is 11.8 Å². The average molecular weight is 403 g/mol. The van der Waals surface area contributed by atoms with E-state index in [9.17, 15) is 27.2 Å². The number of halogens is 4. The summed E-state index contributed by atoms with van der Waals surface area (Å²) in [7, 11) is 0. The lowest BCUT2D eigenvalue weighted by atomic mass is 10.1. The fraction of sp³-hybridized carbons (Fsp3) is 0.353. The van der Waals surface area contributed by atoms with Gasteiger partial charge in [0, 0.05) is 12.3 Å². The topological polar surface area (TPSA) is 114 Å². The molecule has 0 aliphatic heterocycles. The molecule has 0 bridgehead atoms. The first-order valence-electron chi connectivity index (χ1n) is 8.17. The van der Waals surface area contributed by atoms with Gasteiger partial charge in [0.05, 0.1) is 18.1 Å². The van der Waals surface area contributed by atoms with E-state index < -0.39 is 31.2 Å². The summed E-state index contributed by atoms with van der Waals surface area (Å²) in [6.07, 6.45) is -3.74. The number of carbonyl (C=O) groups is 2. The van der Waals surface area contributed by atoms with Gasteiger partial charge in [-0.1, -0.05) is 0 Å². The molecule has 1 aromatic rings. The van der Waals surface area contributed by atoms with Crippen LogP contribution in [0.25, 0.3) is 0 Å². The Kier molecular flexibility index (Phi) is 8.42. The summed E-state index contributed by atoms with van der Waals surface area (Å²) in [6, 6.07) is 5.33. The molecule has 0 spiro atoms. The van der Waals surface area contributed by atoms with Crippen LogP contribution in [0.3, 0.4) is 0 Å². The number of nitrogens with zero attached hydrogens (tertiary/aromatic N) is 2. The van der Waals surface area contributed by atoms with Crippen molar-refractivity contribution in [3.8, 4) is 0 Å². The van der Waals surface area contributed by atoms with Crippen molar-refractivity contribution >= 4 is 24.2 Å². The molecule has 0 heterocycles. The second kappa shape index (κ2) is 10.3. The number of allylic oxidation sites excluding steroid dienone is 1. The Morgan fingerprint density at radius 3 is 2.21 bits per heavy atom. The van der Waals surface area contributed by atoms with E-state index in [1.54, 1.807) is 5.32 Å². The van der Waals surface area contributed by atoms with Crippen molar-refractivity contribution in [1.29, 1.82) is 0 Å². The molecule has 0 atom stereocenters. The van der Waals surface area contributed by atoms with Crippen LogP contribution >= 0.6 is 0 Å². The zero-order valence-electron chi connectivity index (χ0n) is 14.9. The second-order valence-corrected chi connectivity index (χ2v) is 5.67. The number of hydrogen-bond acceptors (Lipinski definition) is 5. The molecular formula is C17H21F4N5O2. The summed E-state index contributed by atoms with van der Waals surface area (Å²) in [5.74, 6) is -1.80. The Balaban J connectivity index is 3.06. The van der Waals surface area contributed by atoms with Gasteiger partial charge in [-0.25, -0.2) is 5.01 Å². The number of nitrogens with two attached hydrogens (primary N) is 2. The van der Waals surface area contributed by atoms with Crippen molar-refractivity contribution < 1.29 is 27.2 Å².